The van der Waals surface area contributed by atoms with Gasteiger partial charge in [0.05, 0.1) is 26.4 Å². The lowest BCUT2D eigenvalue weighted by atomic mass is 10.2. The fourth-order valence-corrected chi connectivity index (χ4v) is 3.44. The third-order valence-corrected chi connectivity index (χ3v) is 5.79. The summed E-state index contributed by atoms with van der Waals surface area (Å²) in [5, 5.41) is 22.8. The zero-order valence-corrected chi connectivity index (χ0v) is 23.0. The lowest BCUT2D eigenvalue weighted by Crippen LogP contribution is -2.26. The number of sulfone groups is 1. The van der Waals surface area contributed by atoms with Crippen molar-refractivity contribution in [1.29, 1.82) is 0 Å². The summed E-state index contributed by atoms with van der Waals surface area (Å²) in [6.45, 7) is 3.33. The van der Waals surface area contributed by atoms with E-state index in [1.54, 1.807) is 24.3 Å². The Morgan fingerprint density at radius 1 is 0.825 bits per heavy atom. The smallest absolute Gasteiger partial charge is 0.404 e. The van der Waals surface area contributed by atoms with Crippen LogP contribution in [0.4, 0.5) is 10.5 Å². The van der Waals surface area contributed by atoms with Crippen molar-refractivity contribution in [2.45, 2.75) is 30.9 Å². The summed E-state index contributed by atoms with van der Waals surface area (Å²) in [5.74, 6) is -0.536. The molecule has 0 atom stereocenters. The van der Waals surface area contributed by atoms with E-state index < -0.39 is 21.2 Å². The van der Waals surface area contributed by atoms with E-state index in [9.17, 15) is 22.8 Å². The number of aromatic nitrogens is 2. The second kappa shape index (κ2) is 17.9. The Balaban J connectivity index is 1.46. The van der Waals surface area contributed by atoms with Crippen LogP contribution >= 0.6 is 0 Å². The third-order valence-electron chi connectivity index (χ3n) is 4.99. The lowest BCUT2D eigenvalue weighted by Gasteiger charge is -2.08. The van der Waals surface area contributed by atoms with E-state index in [0.717, 1.165) is 6.26 Å². The number of hydrogen-bond donors (Lipinski definition) is 4. The van der Waals surface area contributed by atoms with Crippen molar-refractivity contribution in [2.75, 3.05) is 64.3 Å². The van der Waals surface area contributed by atoms with Crippen molar-refractivity contribution in [3.63, 3.8) is 0 Å². The van der Waals surface area contributed by atoms with Crippen molar-refractivity contribution in [3.05, 3.63) is 24.3 Å². The molecule has 222 valence electrons. The maximum absolute atomic E-state index is 12.1. The summed E-state index contributed by atoms with van der Waals surface area (Å²) in [6, 6.07) is 6.39. The molecule has 16 heteroatoms. The minimum atomic E-state index is -3.60. The van der Waals surface area contributed by atoms with Crippen molar-refractivity contribution in [3.8, 4) is 11.5 Å². The third kappa shape index (κ3) is 14.0. The van der Waals surface area contributed by atoms with Gasteiger partial charge in [0.15, 0.2) is 0 Å². The fourth-order valence-electron chi connectivity index (χ4n) is 3.02. The Kier molecular flexibility index (Phi) is 14.6. The molecule has 3 amide bonds. The van der Waals surface area contributed by atoms with Gasteiger partial charge in [-0.15, -0.1) is 5.10 Å². The van der Waals surface area contributed by atoms with Crippen LogP contribution in [0.5, 0.6) is 0 Å². The highest BCUT2D eigenvalue weighted by atomic mass is 32.2. The number of nitrogens with zero attached hydrogens (tertiary/aromatic N) is 2. The zero-order valence-electron chi connectivity index (χ0n) is 22.2. The van der Waals surface area contributed by atoms with Crippen molar-refractivity contribution in [2.24, 2.45) is 0 Å². The molecule has 0 unspecified atom stereocenters. The van der Waals surface area contributed by atoms with Crippen LogP contribution in [0.1, 0.15) is 25.7 Å². The Labute approximate surface area is 231 Å². The molecule has 0 aliphatic rings. The molecule has 15 nitrogen and oxygen atoms in total. The molecule has 0 aliphatic carbocycles. The number of amides is 3. The van der Waals surface area contributed by atoms with Crippen LogP contribution in [0.3, 0.4) is 0 Å². The molecule has 1 aromatic carbocycles. The number of carboxylic acid groups (broad SMARTS) is 1. The van der Waals surface area contributed by atoms with Crippen LogP contribution < -0.4 is 16.0 Å². The Hall–Kier alpha value is -3.60. The molecule has 2 rings (SSSR count). The van der Waals surface area contributed by atoms with Gasteiger partial charge in [-0.2, -0.15) is 0 Å². The maximum Gasteiger partial charge on any atom is 0.404 e. The van der Waals surface area contributed by atoms with Crippen molar-refractivity contribution < 1.29 is 46.5 Å². The SMILES string of the molecule is CS(=O)(=O)c1nnc(-c2ccc(NC(=O)CCC(=O)NCCCOCCOCCOCCCNC(=O)O)cc2)o1. The fraction of sp³-hybridized carbons (Fsp3) is 0.542. The highest BCUT2D eigenvalue weighted by Gasteiger charge is 2.17. The number of anilines is 1. The number of carbonyl (C=O) groups is 3. The molecular formula is C24H35N5O10S. The van der Waals surface area contributed by atoms with Crippen LogP contribution in [0.2, 0.25) is 0 Å². The molecule has 1 heterocycles. The van der Waals surface area contributed by atoms with Crippen LogP contribution in [0.15, 0.2) is 33.9 Å². The van der Waals surface area contributed by atoms with E-state index in [-0.39, 0.29) is 30.5 Å². The number of hydrogen-bond acceptors (Lipinski definition) is 11. The molecule has 0 saturated carbocycles. The van der Waals surface area contributed by atoms with Crippen LogP contribution in [-0.2, 0) is 33.6 Å². The largest absolute Gasteiger partial charge is 0.465 e. The second-order valence-electron chi connectivity index (χ2n) is 8.40. The first-order valence-corrected chi connectivity index (χ1v) is 14.4. The van der Waals surface area contributed by atoms with Gasteiger partial charge in [-0.05, 0) is 37.1 Å². The summed E-state index contributed by atoms with van der Waals surface area (Å²) >= 11 is 0. The molecule has 0 saturated heterocycles. The van der Waals surface area contributed by atoms with E-state index in [0.29, 0.717) is 76.8 Å². The number of nitrogens with one attached hydrogen (secondary N) is 3. The standard InChI is InChI=1S/C24H35N5O10S/c1-40(34,35)24-29-28-22(39-24)18-4-6-19(7-5-18)27-21(31)9-8-20(30)25-10-2-12-36-14-16-38-17-15-37-13-3-11-26-23(32)33/h4-7,26H,2-3,8-17H2,1H3,(H,25,30)(H,27,31)(H,32,33). The van der Waals surface area contributed by atoms with Crippen LogP contribution in [-0.4, -0.2) is 101 Å². The summed E-state index contributed by atoms with van der Waals surface area (Å²) in [4.78, 5) is 34.4. The highest BCUT2D eigenvalue weighted by Crippen LogP contribution is 2.21. The predicted octanol–water partition coefficient (Wildman–Crippen LogP) is 1.07. The van der Waals surface area contributed by atoms with Gasteiger partial charge in [-0.3, -0.25) is 9.59 Å². The molecule has 40 heavy (non-hydrogen) atoms. The molecule has 2 aromatic rings. The average Bonchev–Trinajstić information content (AvgIpc) is 3.41. The highest BCUT2D eigenvalue weighted by molar-refractivity contribution is 7.90. The average molecular weight is 586 g/mol. The molecule has 4 N–H and O–H groups in total. The summed E-state index contributed by atoms with van der Waals surface area (Å²) < 4.78 is 44.1. The molecule has 0 aliphatic heterocycles. The molecule has 0 spiro atoms. The van der Waals surface area contributed by atoms with E-state index >= 15 is 0 Å². The minimum Gasteiger partial charge on any atom is -0.465 e. The number of benzene rings is 1. The Bertz CT molecular complexity index is 1170. The minimum absolute atomic E-state index is 0.00569. The Morgan fingerprint density at radius 2 is 1.38 bits per heavy atom. The van der Waals surface area contributed by atoms with Gasteiger partial charge in [0.2, 0.25) is 27.5 Å². The Morgan fingerprint density at radius 3 is 1.93 bits per heavy atom. The molecule has 0 radical (unpaired) electrons. The molecule has 0 fully saturated rings. The van der Waals surface area contributed by atoms with E-state index in [1.807, 2.05) is 0 Å². The van der Waals surface area contributed by atoms with Gasteiger partial charge < -0.3 is 39.7 Å². The second-order valence-corrected chi connectivity index (χ2v) is 10.3. The monoisotopic (exact) mass is 585 g/mol. The molecule has 0 bridgehead atoms. The van der Waals surface area contributed by atoms with Crippen LogP contribution in [0, 0.1) is 0 Å². The first-order chi connectivity index (χ1) is 19.1. The van der Waals surface area contributed by atoms with Crippen LogP contribution in [0.25, 0.3) is 11.5 Å². The van der Waals surface area contributed by atoms with Gasteiger partial charge in [0.1, 0.15) is 0 Å². The predicted molar refractivity (Wildman–Crippen MR) is 141 cm³/mol. The van der Waals surface area contributed by atoms with Gasteiger partial charge >= 0.3 is 11.3 Å². The van der Waals surface area contributed by atoms with E-state index in [1.165, 1.54) is 0 Å². The number of carbonyl (C=O) groups excluding carboxylic acids is 2. The van der Waals surface area contributed by atoms with Crippen molar-refractivity contribution in [1.82, 2.24) is 20.8 Å². The van der Waals surface area contributed by atoms with E-state index in [4.69, 9.17) is 23.7 Å². The van der Waals surface area contributed by atoms with Gasteiger partial charge in [0.25, 0.3) is 0 Å². The lowest BCUT2D eigenvalue weighted by molar-refractivity contribution is -0.124. The molecule has 1 aromatic heterocycles. The summed E-state index contributed by atoms with van der Waals surface area (Å²) in [6.07, 6.45) is 1.17. The molecular weight excluding hydrogens is 550 g/mol. The first kappa shape index (κ1) is 32.6. The number of rotatable bonds is 20. The maximum atomic E-state index is 12.1. The zero-order chi connectivity index (χ0) is 29.2. The topological polar surface area (TPSA) is 208 Å². The summed E-state index contributed by atoms with van der Waals surface area (Å²) in [7, 11) is -3.60. The van der Waals surface area contributed by atoms with E-state index in [2.05, 4.69) is 26.1 Å². The normalized spacial score (nSPS) is 11.2. The van der Waals surface area contributed by atoms with Crippen molar-refractivity contribution >= 4 is 33.4 Å². The van der Waals surface area contributed by atoms with Gasteiger partial charge in [0, 0.05) is 56.7 Å². The quantitative estimate of drug-likeness (QED) is 0.161. The van der Waals surface area contributed by atoms with Gasteiger partial charge in [-0.25, -0.2) is 13.2 Å². The first-order valence-electron chi connectivity index (χ1n) is 12.6. The van der Waals surface area contributed by atoms with Gasteiger partial charge in [-0.1, -0.05) is 5.10 Å². The summed E-state index contributed by atoms with van der Waals surface area (Å²) in [5.41, 5.74) is 0.985. The number of ether oxygens (including phenoxy) is 3.